The normalized spacial score (nSPS) is 20.0. The molecule has 0 spiro atoms. The molecule has 0 fully saturated rings. The molecule has 12 heteroatoms. The lowest BCUT2D eigenvalue weighted by Crippen LogP contribution is -2.18. The van der Waals surface area contributed by atoms with Gasteiger partial charge in [-0.25, -0.2) is 0 Å². The molecule has 0 radical (unpaired) electrons. The van der Waals surface area contributed by atoms with Crippen LogP contribution in [0.25, 0.3) is 12.2 Å². The predicted molar refractivity (Wildman–Crippen MR) is 251 cm³/mol. The summed E-state index contributed by atoms with van der Waals surface area (Å²) in [5, 5.41) is 97.7. The van der Waals surface area contributed by atoms with Crippen LogP contribution in [0.1, 0.15) is 97.3 Å². The monoisotopic (exact) mass is 906 g/mol. The Balaban J connectivity index is 1.18. The summed E-state index contributed by atoms with van der Waals surface area (Å²) >= 11 is 0. The molecular weight excluding hydrogens is 865 g/mol. The molecule has 6 atom stereocenters. The molecule has 3 aliphatic rings. The minimum absolute atomic E-state index is 0.0267. The molecule has 0 aliphatic carbocycles. The van der Waals surface area contributed by atoms with Gasteiger partial charge in [0.2, 0.25) is 0 Å². The smallest absolute Gasteiger partial charge is 0.135 e. The van der Waals surface area contributed by atoms with E-state index in [1.54, 1.807) is 115 Å². The third-order valence-corrected chi connectivity index (χ3v) is 13.0. The fourth-order valence-electron chi connectivity index (χ4n) is 10.2. The number of benzene rings is 8. The van der Waals surface area contributed by atoms with E-state index in [1.807, 2.05) is 12.2 Å². The molecule has 8 aromatic rings. The maximum atomic E-state index is 11.8. The first kappa shape index (κ1) is 41.8. The summed E-state index contributed by atoms with van der Waals surface area (Å²) in [6.45, 7) is 0. The van der Waals surface area contributed by atoms with Crippen LogP contribution >= 0.6 is 0 Å². The quantitative estimate of drug-likeness (QED) is 0.0652. The lowest BCUT2D eigenvalue weighted by atomic mass is 9.73. The molecule has 11 rings (SSSR count). The van der Waals surface area contributed by atoms with Crippen molar-refractivity contribution >= 4 is 12.2 Å². The van der Waals surface area contributed by atoms with E-state index in [2.05, 4.69) is 0 Å². The minimum atomic E-state index is -0.856. The fourth-order valence-corrected chi connectivity index (χ4v) is 10.2. The first-order valence-electron chi connectivity index (χ1n) is 21.8. The molecule has 0 aromatic heterocycles. The molecule has 6 unspecified atom stereocenters. The van der Waals surface area contributed by atoms with Crippen molar-refractivity contribution in [2.75, 3.05) is 0 Å². The third kappa shape index (κ3) is 7.37. The Morgan fingerprint density at radius 1 is 0.294 bits per heavy atom. The molecule has 3 heterocycles. The summed E-state index contributed by atoms with van der Waals surface area (Å²) in [4.78, 5) is 0. The number of phenols is 9. The second-order valence-corrected chi connectivity index (χ2v) is 17.4. The number of hydrogen-bond donors (Lipinski definition) is 9. The maximum absolute atomic E-state index is 11.8. The molecule has 68 heavy (non-hydrogen) atoms. The number of rotatable bonds is 8. The van der Waals surface area contributed by atoms with Gasteiger partial charge in [-0.15, -0.1) is 0 Å². The Kier molecular flexibility index (Phi) is 9.96. The first-order chi connectivity index (χ1) is 32.8. The van der Waals surface area contributed by atoms with Gasteiger partial charge >= 0.3 is 0 Å². The highest BCUT2D eigenvalue weighted by Crippen LogP contribution is 2.63. The first-order valence-corrected chi connectivity index (χ1v) is 21.8. The van der Waals surface area contributed by atoms with Crippen molar-refractivity contribution in [3.8, 4) is 69.0 Å². The van der Waals surface area contributed by atoms with E-state index in [0.717, 1.165) is 5.56 Å². The zero-order valence-corrected chi connectivity index (χ0v) is 35.8. The maximum Gasteiger partial charge on any atom is 0.135 e. The lowest BCUT2D eigenvalue weighted by Gasteiger charge is -2.28. The Morgan fingerprint density at radius 2 is 0.647 bits per heavy atom. The van der Waals surface area contributed by atoms with Crippen LogP contribution < -0.4 is 14.2 Å². The van der Waals surface area contributed by atoms with Crippen LogP contribution in [0.5, 0.6) is 69.0 Å². The zero-order chi connectivity index (χ0) is 47.0. The summed E-state index contributed by atoms with van der Waals surface area (Å²) in [6.07, 6.45) is 1.25. The Morgan fingerprint density at radius 3 is 1.10 bits per heavy atom. The van der Waals surface area contributed by atoms with Crippen molar-refractivity contribution in [3.05, 3.63) is 213 Å². The van der Waals surface area contributed by atoms with Gasteiger partial charge in [-0.2, -0.15) is 0 Å². The number of fused-ring (bicyclic) bond motifs is 3. The van der Waals surface area contributed by atoms with Gasteiger partial charge in [0.1, 0.15) is 87.3 Å². The van der Waals surface area contributed by atoms with Crippen LogP contribution in [0.3, 0.4) is 0 Å². The Labute approximate surface area is 389 Å². The standard InChI is InChI=1S/C56H42O12/c57-34-11-2-28(3-12-34)1-4-32-19-40(63)25-45-48(32)52(55(66-45)30-7-15-36(59)16-8-30)44-24-42(65)27-47-51(44)53(56(68-47)31-9-17-37(60)18-10-31)43-23-41(64)26-46-50(43)49(33-20-38(61)22-39(62)21-33)54(67-46)29-5-13-35(58)14-6-29/h1-27,49,52-65H/b4-1+. The summed E-state index contributed by atoms with van der Waals surface area (Å²) in [5.74, 6) is -1.73. The molecule has 9 N–H and O–H groups in total. The van der Waals surface area contributed by atoms with Gasteiger partial charge in [0.15, 0.2) is 0 Å². The van der Waals surface area contributed by atoms with Gasteiger partial charge in [-0.3, -0.25) is 0 Å². The van der Waals surface area contributed by atoms with Gasteiger partial charge in [0, 0.05) is 41.0 Å². The van der Waals surface area contributed by atoms with Gasteiger partial charge in [0.25, 0.3) is 0 Å². The average Bonchev–Trinajstić information content (AvgIpc) is 4.01. The molecule has 8 aromatic carbocycles. The molecule has 0 bridgehead atoms. The minimum Gasteiger partial charge on any atom is -0.508 e. The van der Waals surface area contributed by atoms with Gasteiger partial charge in [-0.1, -0.05) is 60.7 Å². The van der Waals surface area contributed by atoms with Crippen molar-refractivity contribution in [1.29, 1.82) is 0 Å². The van der Waals surface area contributed by atoms with Crippen molar-refractivity contribution < 1.29 is 60.2 Å². The van der Waals surface area contributed by atoms with Gasteiger partial charge in [0.05, 0.1) is 17.8 Å². The van der Waals surface area contributed by atoms with E-state index in [4.69, 9.17) is 14.2 Å². The van der Waals surface area contributed by atoms with Crippen LogP contribution in [-0.2, 0) is 0 Å². The van der Waals surface area contributed by atoms with E-state index in [0.29, 0.717) is 72.9 Å². The van der Waals surface area contributed by atoms with E-state index in [1.165, 1.54) is 36.4 Å². The molecule has 0 saturated heterocycles. The second-order valence-electron chi connectivity index (χ2n) is 17.4. The van der Waals surface area contributed by atoms with Crippen LogP contribution in [0.2, 0.25) is 0 Å². The van der Waals surface area contributed by atoms with Crippen LogP contribution in [0.15, 0.2) is 152 Å². The largest absolute Gasteiger partial charge is 0.508 e. The molecular formula is C56H42O12. The Hall–Kier alpha value is -8.90. The predicted octanol–water partition coefficient (Wildman–Crippen LogP) is 11.0. The van der Waals surface area contributed by atoms with Crippen LogP contribution in [0.4, 0.5) is 0 Å². The summed E-state index contributed by atoms with van der Waals surface area (Å²) in [7, 11) is 0. The molecule has 3 aliphatic heterocycles. The fraction of sp³-hybridized carbons (Fsp3) is 0.107. The van der Waals surface area contributed by atoms with Crippen LogP contribution in [-0.4, -0.2) is 46.0 Å². The van der Waals surface area contributed by atoms with Crippen molar-refractivity contribution in [1.82, 2.24) is 0 Å². The van der Waals surface area contributed by atoms with E-state index < -0.39 is 36.1 Å². The molecule has 0 amide bonds. The number of phenolic OH excluding ortho intramolecular Hbond substituents is 9. The van der Waals surface area contributed by atoms with Gasteiger partial charge in [-0.05, 0) is 123 Å². The van der Waals surface area contributed by atoms with Crippen molar-refractivity contribution in [2.24, 2.45) is 0 Å². The topological polar surface area (TPSA) is 210 Å². The van der Waals surface area contributed by atoms with Crippen molar-refractivity contribution in [2.45, 2.75) is 36.1 Å². The molecule has 338 valence electrons. The second kappa shape index (κ2) is 16.2. The van der Waals surface area contributed by atoms with Crippen LogP contribution in [0, 0.1) is 0 Å². The third-order valence-electron chi connectivity index (χ3n) is 13.0. The van der Waals surface area contributed by atoms with E-state index in [-0.39, 0.29) is 51.7 Å². The number of aromatic hydroxyl groups is 9. The lowest BCUT2D eigenvalue weighted by molar-refractivity contribution is 0.219. The summed E-state index contributed by atoms with van der Waals surface area (Å²) in [5.41, 5.74) is 6.86. The summed E-state index contributed by atoms with van der Waals surface area (Å²) in [6, 6.07) is 40.2. The molecule has 0 saturated carbocycles. The number of hydrogen-bond acceptors (Lipinski definition) is 12. The zero-order valence-electron chi connectivity index (χ0n) is 35.8. The Bertz CT molecular complexity index is 3250. The average molecular weight is 907 g/mol. The summed E-state index contributed by atoms with van der Waals surface area (Å²) < 4.78 is 20.6. The number of ether oxygens (including phenoxy) is 3. The van der Waals surface area contributed by atoms with E-state index in [9.17, 15) is 46.0 Å². The SMILES string of the molecule is Oc1ccc(/C=C/c2cc(O)cc3c2C(c2cc(O)cc4c2C(c2cc(O)cc5c2C(c2cc(O)cc(O)c2)C(c2ccc(O)cc2)O5)C(c2ccc(O)cc2)O4)C(c2ccc(O)cc2)O3)cc1. The highest BCUT2D eigenvalue weighted by molar-refractivity contribution is 5.76. The molecule has 12 nitrogen and oxygen atoms in total. The van der Waals surface area contributed by atoms with Crippen molar-refractivity contribution in [3.63, 3.8) is 0 Å². The van der Waals surface area contributed by atoms with Gasteiger partial charge < -0.3 is 60.2 Å². The highest BCUT2D eigenvalue weighted by Gasteiger charge is 2.49. The van der Waals surface area contributed by atoms with E-state index >= 15 is 0 Å². The highest BCUT2D eigenvalue weighted by atomic mass is 16.5.